The lowest BCUT2D eigenvalue weighted by Crippen LogP contribution is -2.22. The van der Waals surface area contributed by atoms with Crippen LogP contribution in [0.1, 0.15) is 24.5 Å². The number of rotatable bonds is 5. The molecule has 15 heavy (non-hydrogen) atoms. The standard InChI is InChI=1S/C9H14N6/c1-7(8-2-5-12-14-8)10-4-3-9-11-6-13-15-9/h2,5-7,10H,3-4H2,1H3,(H,12,14)(H,11,13,15). The highest BCUT2D eigenvalue weighted by atomic mass is 15.2. The quantitative estimate of drug-likeness (QED) is 0.662. The Morgan fingerprint density at radius 1 is 1.40 bits per heavy atom. The van der Waals surface area contributed by atoms with Crippen molar-refractivity contribution < 1.29 is 0 Å². The molecule has 0 radical (unpaired) electrons. The summed E-state index contributed by atoms with van der Waals surface area (Å²) >= 11 is 0. The molecule has 0 fully saturated rings. The fourth-order valence-electron chi connectivity index (χ4n) is 1.38. The number of nitrogens with zero attached hydrogens (tertiary/aromatic N) is 3. The second-order valence-corrected chi connectivity index (χ2v) is 3.37. The van der Waals surface area contributed by atoms with Gasteiger partial charge in [-0.05, 0) is 13.0 Å². The molecule has 2 heterocycles. The van der Waals surface area contributed by atoms with E-state index < -0.39 is 0 Å². The normalized spacial score (nSPS) is 12.9. The van der Waals surface area contributed by atoms with Crippen LogP contribution < -0.4 is 5.32 Å². The van der Waals surface area contributed by atoms with E-state index in [9.17, 15) is 0 Å². The van der Waals surface area contributed by atoms with Gasteiger partial charge in [0.05, 0.1) is 5.69 Å². The summed E-state index contributed by atoms with van der Waals surface area (Å²) in [4.78, 5) is 4.05. The lowest BCUT2D eigenvalue weighted by molar-refractivity contribution is 0.557. The van der Waals surface area contributed by atoms with E-state index in [1.807, 2.05) is 6.07 Å². The highest BCUT2D eigenvalue weighted by molar-refractivity contribution is 5.02. The Balaban J connectivity index is 1.74. The number of H-pyrrole nitrogens is 2. The number of nitrogens with one attached hydrogen (secondary N) is 3. The zero-order chi connectivity index (χ0) is 10.5. The van der Waals surface area contributed by atoms with E-state index in [1.54, 1.807) is 6.20 Å². The van der Waals surface area contributed by atoms with Gasteiger partial charge in [0, 0.05) is 25.2 Å². The third kappa shape index (κ3) is 2.63. The van der Waals surface area contributed by atoms with Crippen LogP contribution in [-0.4, -0.2) is 31.9 Å². The number of hydrogen-bond acceptors (Lipinski definition) is 4. The largest absolute Gasteiger partial charge is 0.308 e. The van der Waals surface area contributed by atoms with Crippen LogP contribution in [0.2, 0.25) is 0 Å². The lowest BCUT2D eigenvalue weighted by Gasteiger charge is -2.10. The molecule has 0 aromatic carbocycles. The molecule has 2 aromatic heterocycles. The first-order valence-electron chi connectivity index (χ1n) is 4.93. The minimum atomic E-state index is 0.274. The van der Waals surface area contributed by atoms with Gasteiger partial charge in [0.25, 0.3) is 0 Å². The average Bonchev–Trinajstić information content (AvgIpc) is 2.90. The summed E-state index contributed by atoms with van der Waals surface area (Å²) in [5, 5.41) is 16.8. The van der Waals surface area contributed by atoms with Crippen LogP contribution >= 0.6 is 0 Å². The van der Waals surface area contributed by atoms with Gasteiger partial charge >= 0.3 is 0 Å². The molecule has 0 aliphatic carbocycles. The monoisotopic (exact) mass is 206 g/mol. The van der Waals surface area contributed by atoms with Crippen molar-refractivity contribution in [1.82, 2.24) is 30.7 Å². The zero-order valence-corrected chi connectivity index (χ0v) is 8.57. The molecule has 2 rings (SSSR count). The SMILES string of the molecule is CC(NCCc1ncn[nH]1)c1ccn[nH]1. The minimum Gasteiger partial charge on any atom is -0.308 e. The molecule has 0 amide bonds. The Morgan fingerprint density at radius 2 is 2.33 bits per heavy atom. The number of aromatic amines is 2. The summed E-state index contributed by atoms with van der Waals surface area (Å²) in [6.07, 6.45) is 4.12. The second kappa shape index (κ2) is 4.70. The van der Waals surface area contributed by atoms with Crippen molar-refractivity contribution in [2.45, 2.75) is 19.4 Å². The predicted octanol–water partition coefficient (Wildman–Crippen LogP) is 0.421. The Labute approximate surface area is 87.5 Å². The first-order chi connectivity index (χ1) is 7.36. The van der Waals surface area contributed by atoms with E-state index in [1.165, 1.54) is 6.33 Å². The van der Waals surface area contributed by atoms with Crippen LogP contribution in [0.4, 0.5) is 0 Å². The van der Waals surface area contributed by atoms with E-state index in [2.05, 4.69) is 37.6 Å². The van der Waals surface area contributed by atoms with Gasteiger partial charge < -0.3 is 5.32 Å². The van der Waals surface area contributed by atoms with Gasteiger partial charge in [0.1, 0.15) is 12.2 Å². The molecule has 0 spiro atoms. The third-order valence-corrected chi connectivity index (χ3v) is 2.27. The molecule has 0 saturated heterocycles. The zero-order valence-electron chi connectivity index (χ0n) is 8.57. The van der Waals surface area contributed by atoms with E-state index in [0.29, 0.717) is 0 Å². The topological polar surface area (TPSA) is 82.3 Å². The Morgan fingerprint density at radius 3 is 3.00 bits per heavy atom. The van der Waals surface area contributed by atoms with Crippen LogP contribution in [0.3, 0.4) is 0 Å². The van der Waals surface area contributed by atoms with Crippen molar-refractivity contribution in [3.63, 3.8) is 0 Å². The van der Waals surface area contributed by atoms with Gasteiger partial charge in [-0.25, -0.2) is 4.98 Å². The van der Waals surface area contributed by atoms with Crippen molar-refractivity contribution in [2.75, 3.05) is 6.54 Å². The summed E-state index contributed by atoms with van der Waals surface area (Å²) < 4.78 is 0. The second-order valence-electron chi connectivity index (χ2n) is 3.37. The fourth-order valence-corrected chi connectivity index (χ4v) is 1.38. The molecule has 2 aromatic rings. The van der Waals surface area contributed by atoms with E-state index >= 15 is 0 Å². The average molecular weight is 206 g/mol. The van der Waals surface area contributed by atoms with Crippen LogP contribution in [0.5, 0.6) is 0 Å². The van der Waals surface area contributed by atoms with Crippen LogP contribution in [-0.2, 0) is 6.42 Å². The van der Waals surface area contributed by atoms with Gasteiger partial charge in [-0.3, -0.25) is 10.2 Å². The maximum atomic E-state index is 4.05. The molecule has 0 aliphatic heterocycles. The Kier molecular flexibility index (Phi) is 3.08. The summed E-state index contributed by atoms with van der Waals surface area (Å²) in [6.45, 7) is 2.95. The van der Waals surface area contributed by atoms with E-state index in [-0.39, 0.29) is 6.04 Å². The molecule has 6 heteroatoms. The van der Waals surface area contributed by atoms with Gasteiger partial charge in [-0.15, -0.1) is 0 Å². The van der Waals surface area contributed by atoms with Crippen LogP contribution in [0.25, 0.3) is 0 Å². The summed E-state index contributed by atoms with van der Waals surface area (Å²) in [7, 11) is 0. The minimum absolute atomic E-state index is 0.274. The summed E-state index contributed by atoms with van der Waals surface area (Å²) in [5.74, 6) is 0.902. The molecule has 80 valence electrons. The predicted molar refractivity (Wildman–Crippen MR) is 55.1 cm³/mol. The fraction of sp³-hybridized carbons (Fsp3) is 0.444. The highest BCUT2D eigenvalue weighted by Crippen LogP contribution is 2.06. The molecular formula is C9H14N6. The van der Waals surface area contributed by atoms with Gasteiger partial charge in [0.15, 0.2) is 0 Å². The third-order valence-electron chi connectivity index (χ3n) is 2.27. The molecule has 1 unspecified atom stereocenters. The van der Waals surface area contributed by atoms with Gasteiger partial charge in [-0.2, -0.15) is 10.2 Å². The maximum Gasteiger partial charge on any atom is 0.137 e. The number of hydrogen-bond donors (Lipinski definition) is 3. The van der Waals surface area contributed by atoms with Crippen LogP contribution in [0.15, 0.2) is 18.6 Å². The molecule has 6 nitrogen and oxygen atoms in total. The van der Waals surface area contributed by atoms with Crippen molar-refractivity contribution in [3.05, 3.63) is 30.1 Å². The molecular weight excluding hydrogens is 192 g/mol. The van der Waals surface area contributed by atoms with E-state index in [4.69, 9.17) is 0 Å². The van der Waals surface area contributed by atoms with Crippen molar-refractivity contribution in [3.8, 4) is 0 Å². The smallest absolute Gasteiger partial charge is 0.137 e. The van der Waals surface area contributed by atoms with Crippen LogP contribution in [0, 0.1) is 0 Å². The summed E-state index contributed by atoms with van der Waals surface area (Å²) in [6, 6.07) is 2.24. The lowest BCUT2D eigenvalue weighted by atomic mass is 10.2. The van der Waals surface area contributed by atoms with E-state index in [0.717, 1.165) is 24.5 Å². The molecule has 0 bridgehead atoms. The van der Waals surface area contributed by atoms with Gasteiger partial charge in [0.2, 0.25) is 0 Å². The highest BCUT2D eigenvalue weighted by Gasteiger charge is 2.05. The molecule has 0 aliphatic rings. The maximum absolute atomic E-state index is 4.05. The first-order valence-corrected chi connectivity index (χ1v) is 4.93. The molecule has 1 atom stereocenters. The Bertz CT molecular complexity index is 365. The molecule has 3 N–H and O–H groups in total. The van der Waals surface area contributed by atoms with Crippen molar-refractivity contribution in [2.24, 2.45) is 0 Å². The van der Waals surface area contributed by atoms with Crippen molar-refractivity contribution >= 4 is 0 Å². The number of aromatic nitrogens is 5. The van der Waals surface area contributed by atoms with Gasteiger partial charge in [-0.1, -0.05) is 0 Å². The molecule has 0 saturated carbocycles. The summed E-state index contributed by atoms with van der Waals surface area (Å²) in [5.41, 5.74) is 1.09. The first kappa shape index (κ1) is 9.85. The van der Waals surface area contributed by atoms with Crippen molar-refractivity contribution in [1.29, 1.82) is 0 Å². The Hall–Kier alpha value is -1.69.